The average molecular weight is 282 g/mol. The van der Waals surface area contributed by atoms with Crippen LogP contribution >= 0.6 is 0 Å². The summed E-state index contributed by atoms with van der Waals surface area (Å²) in [6, 6.07) is 5.99. The second kappa shape index (κ2) is 6.06. The van der Waals surface area contributed by atoms with Gasteiger partial charge in [0.05, 0.1) is 4.90 Å². The van der Waals surface area contributed by atoms with Gasteiger partial charge in [-0.3, -0.25) is 4.55 Å². The Hall–Kier alpha value is -0.870. The maximum Gasteiger partial charge on any atom is 0.294 e. The Morgan fingerprint density at radius 2 is 1.42 bits per heavy atom. The van der Waals surface area contributed by atoms with Crippen molar-refractivity contribution in [2.75, 3.05) is 0 Å². The van der Waals surface area contributed by atoms with E-state index >= 15 is 0 Å². The molecule has 0 spiro atoms. The molecule has 0 saturated heterocycles. The minimum Gasteiger partial charge on any atom is -0.282 e. The summed E-state index contributed by atoms with van der Waals surface area (Å²) in [5.41, 5.74) is 0.956. The normalized spacial score (nSPS) is 25.6. The van der Waals surface area contributed by atoms with Crippen LogP contribution in [0.5, 0.6) is 0 Å². The molecule has 2 unspecified atom stereocenters. The molecule has 0 aliphatic heterocycles. The molecule has 3 rings (SSSR count). The molecule has 19 heavy (non-hydrogen) atoms. The maximum absolute atomic E-state index is 10.5. The van der Waals surface area contributed by atoms with E-state index in [1.165, 1.54) is 36.8 Å². The summed E-state index contributed by atoms with van der Waals surface area (Å²) < 4.78 is 29.6. The Morgan fingerprint density at radius 1 is 0.947 bits per heavy atom. The van der Waals surface area contributed by atoms with Gasteiger partial charge in [0, 0.05) is 0 Å². The third-order valence-corrected chi connectivity index (χ3v) is 5.16. The summed E-state index contributed by atoms with van der Waals surface area (Å²) in [5, 5.41) is 0. The second-order valence-corrected chi connectivity index (χ2v) is 7.09. The number of aryl methyl sites for hydroxylation is 1. The van der Waals surface area contributed by atoms with Crippen molar-refractivity contribution in [1.82, 2.24) is 0 Å². The minimum absolute atomic E-state index is 0.0666. The van der Waals surface area contributed by atoms with Crippen LogP contribution in [0.3, 0.4) is 0 Å². The zero-order chi connectivity index (χ0) is 13.9. The quantitative estimate of drug-likeness (QED) is 0.796. The molecule has 2 atom stereocenters. The van der Waals surface area contributed by atoms with Crippen LogP contribution in [0.25, 0.3) is 0 Å². The van der Waals surface area contributed by atoms with Gasteiger partial charge in [-0.05, 0) is 43.7 Å². The highest BCUT2D eigenvalue weighted by atomic mass is 32.2. The smallest absolute Gasteiger partial charge is 0.282 e. The molecule has 2 aliphatic carbocycles. The lowest BCUT2D eigenvalue weighted by Gasteiger charge is -2.40. The molecule has 0 radical (unpaired) electrons. The zero-order valence-electron chi connectivity index (χ0n) is 11.4. The van der Waals surface area contributed by atoms with Gasteiger partial charge in [0.25, 0.3) is 10.1 Å². The Balaban J connectivity index is 0.000000146. The van der Waals surface area contributed by atoms with Crippen LogP contribution in [-0.4, -0.2) is 13.0 Å². The van der Waals surface area contributed by atoms with Gasteiger partial charge in [-0.15, -0.1) is 0 Å². The highest BCUT2D eigenvalue weighted by molar-refractivity contribution is 7.85. The van der Waals surface area contributed by atoms with Crippen molar-refractivity contribution in [3.8, 4) is 0 Å². The summed E-state index contributed by atoms with van der Waals surface area (Å²) >= 11 is 0. The van der Waals surface area contributed by atoms with Crippen LogP contribution < -0.4 is 0 Å². The molecule has 0 aromatic heterocycles. The van der Waals surface area contributed by atoms with Gasteiger partial charge in [0.15, 0.2) is 0 Å². The predicted octanol–water partition coefficient (Wildman–Crippen LogP) is 3.83. The highest BCUT2D eigenvalue weighted by Gasteiger charge is 2.32. The number of benzene rings is 1. The van der Waals surface area contributed by atoms with Crippen molar-refractivity contribution in [2.24, 2.45) is 11.8 Å². The molecule has 0 heterocycles. The third kappa shape index (κ3) is 4.05. The maximum atomic E-state index is 10.5. The zero-order valence-corrected chi connectivity index (χ0v) is 12.2. The van der Waals surface area contributed by atoms with Crippen molar-refractivity contribution in [1.29, 1.82) is 0 Å². The molecule has 1 N–H and O–H groups in total. The Morgan fingerprint density at radius 3 is 1.74 bits per heavy atom. The van der Waals surface area contributed by atoms with E-state index in [0.717, 1.165) is 5.56 Å². The summed E-state index contributed by atoms with van der Waals surface area (Å²) in [7, 11) is -4.02. The molecule has 0 bridgehead atoms. The van der Waals surface area contributed by atoms with Gasteiger partial charge in [-0.1, -0.05) is 43.4 Å². The largest absolute Gasteiger partial charge is 0.294 e. The van der Waals surface area contributed by atoms with Crippen LogP contribution in [0.4, 0.5) is 0 Å². The van der Waals surface area contributed by atoms with Crippen molar-refractivity contribution in [3.05, 3.63) is 29.8 Å². The third-order valence-electron chi connectivity index (χ3n) is 4.29. The predicted molar refractivity (Wildman–Crippen MR) is 75.7 cm³/mol. The Labute approximate surface area is 115 Å². The molecule has 4 heteroatoms. The van der Waals surface area contributed by atoms with E-state index in [4.69, 9.17) is 4.55 Å². The monoisotopic (exact) mass is 282 g/mol. The molecule has 2 fully saturated rings. The van der Waals surface area contributed by atoms with E-state index in [1.54, 1.807) is 37.8 Å². The summed E-state index contributed by atoms with van der Waals surface area (Å²) in [6.07, 6.45) is 9.30. The van der Waals surface area contributed by atoms with E-state index in [2.05, 4.69) is 0 Å². The topological polar surface area (TPSA) is 54.4 Å². The Bertz CT molecular complexity index is 493. The second-order valence-electron chi connectivity index (χ2n) is 5.67. The number of rotatable bonds is 1. The van der Waals surface area contributed by atoms with Gasteiger partial charge in [0.1, 0.15) is 0 Å². The van der Waals surface area contributed by atoms with Crippen LogP contribution in [0, 0.1) is 18.8 Å². The SMILES string of the molecule is C1CCC2CCC2C1.Cc1ccc(S(=O)(=O)O)cc1. The molecule has 1 aromatic rings. The first kappa shape index (κ1) is 14.5. The molecule has 0 amide bonds. The van der Waals surface area contributed by atoms with Crippen molar-refractivity contribution < 1.29 is 13.0 Å². The molecule has 2 aliphatic rings. The van der Waals surface area contributed by atoms with Crippen LogP contribution in [0.2, 0.25) is 0 Å². The van der Waals surface area contributed by atoms with Gasteiger partial charge in [-0.2, -0.15) is 8.42 Å². The molecule has 2 saturated carbocycles. The van der Waals surface area contributed by atoms with Crippen LogP contribution in [0.15, 0.2) is 29.2 Å². The average Bonchev–Trinajstić information content (AvgIpc) is 2.31. The fraction of sp³-hybridized carbons (Fsp3) is 0.600. The fourth-order valence-electron chi connectivity index (χ4n) is 2.92. The van der Waals surface area contributed by atoms with E-state index in [0.29, 0.717) is 0 Å². The highest BCUT2D eigenvalue weighted by Crippen LogP contribution is 2.44. The Kier molecular flexibility index (Phi) is 4.63. The molecular formula is C15H22O3S. The first-order valence-electron chi connectivity index (χ1n) is 7.01. The van der Waals surface area contributed by atoms with Gasteiger partial charge in [-0.25, -0.2) is 0 Å². The van der Waals surface area contributed by atoms with Crippen LogP contribution in [-0.2, 0) is 10.1 Å². The number of hydrogen-bond donors (Lipinski definition) is 1. The standard InChI is InChI=1S/C8H14.C7H8O3S/c1-2-4-8-6-5-7(8)3-1;1-6-2-4-7(5-3-6)11(8,9)10/h7-8H,1-6H2;2-5H,1H3,(H,8,9,10). The summed E-state index contributed by atoms with van der Waals surface area (Å²) in [5.74, 6) is 2.37. The molecule has 1 aromatic carbocycles. The van der Waals surface area contributed by atoms with E-state index in [1.807, 2.05) is 6.92 Å². The van der Waals surface area contributed by atoms with Gasteiger partial charge in [0.2, 0.25) is 0 Å². The van der Waals surface area contributed by atoms with Crippen LogP contribution in [0.1, 0.15) is 44.1 Å². The van der Waals surface area contributed by atoms with E-state index in [-0.39, 0.29) is 4.90 Å². The van der Waals surface area contributed by atoms with E-state index in [9.17, 15) is 8.42 Å². The lowest BCUT2D eigenvalue weighted by atomic mass is 9.66. The summed E-state index contributed by atoms with van der Waals surface area (Å²) in [4.78, 5) is -0.0666. The fourth-order valence-corrected chi connectivity index (χ4v) is 3.40. The number of fused-ring (bicyclic) bond motifs is 1. The van der Waals surface area contributed by atoms with E-state index < -0.39 is 10.1 Å². The minimum atomic E-state index is -4.02. The lowest BCUT2D eigenvalue weighted by Crippen LogP contribution is -2.28. The molecule has 3 nitrogen and oxygen atoms in total. The van der Waals surface area contributed by atoms with Crippen molar-refractivity contribution >= 4 is 10.1 Å². The van der Waals surface area contributed by atoms with Gasteiger partial charge < -0.3 is 0 Å². The molecule has 106 valence electrons. The summed E-state index contributed by atoms with van der Waals surface area (Å²) in [6.45, 7) is 1.84. The lowest BCUT2D eigenvalue weighted by molar-refractivity contribution is 0.115. The number of hydrogen-bond acceptors (Lipinski definition) is 2. The first-order chi connectivity index (χ1) is 8.97. The first-order valence-corrected chi connectivity index (χ1v) is 8.45. The van der Waals surface area contributed by atoms with Crippen molar-refractivity contribution in [3.63, 3.8) is 0 Å². The van der Waals surface area contributed by atoms with Crippen molar-refractivity contribution in [2.45, 2.75) is 50.3 Å². The van der Waals surface area contributed by atoms with Gasteiger partial charge >= 0.3 is 0 Å². The molecular weight excluding hydrogens is 260 g/mol.